The van der Waals surface area contributed by atoms with Crippen molar-refractivity contribution in [2.45, 2.75) is 316 Å². The maximum Gasteiger partial charge on any atom is 0.472 e. The molecule has 0 amide bonds. The molecule has 19 heteroatoms. The van der Waals surface area contributed by atoms with Crippen molar-refractivity contribution >= 4 is 39.5 Å². The van der Waals surface area contributed by atoms with E-state index in [0.717, 1.165) is 167 Å². The summed E-state index contributed by atoms with van der Waals surface area (Å²) >= 11 is 0. The first-order valence-corrected chi connectivity index (χ1v) is 40.8. The highest BCUT2D eigenvalue weighted by Crippen LogP contribution is 2.45. The third-order valence-corrected chi connectivity index (χ3v) is 17.3. The Balaban J connectivity index is 5.41. The quantitative estimate of drug-likeness (QED) is 0.0169. The standard InChI is InChI=1S/C79H134O17P2/c1-5-9-13-17-21-25-29-33-35-36-38-42-44-48-52-56-60-64-77(82)90-70-75(96-79(84)66-62-58-54-50-46-40-32-28-24-20-16-12-8-4)72-94-98(87,88)92-68-73(80)67-91-97(85,86)93-71-74(95-78(83)65-61-57-53-49-45-39-31-27-23-19-15-11-7-3)69-89-76(81)63-59-55-51-47-43-41-37-34-30-26-22-18-14-10-6-2/h9,13,15,19,21-22,25-28,31-35,37-38,42,48,52,73-75,80H,5-8,10-12,14,16-18,20,23-24,29-30,36,39-41,43-47,49-51,53-72H2,1-4H3,(H,85,86)(H,87,88)/b13-9-,19-15-,25-21-,26-22-,31-27-,32-28-,35-33-,37-34-,42-38-,52-48-. The van der Waals surface area contributed by atoms with E-state index < -0.39 is 97.5 Å². The number of allylic oxidation sites excluding steroid dienone is 20. The molecule has 17 nitrogen and oxygen atoms in total. The summed E-state index contributed by atoms with van der Waals surface area (Å²) in [6, 6.07) is 0. The van der Waals surface area contributed by atoms with Gasteiger partial charge in [0.15, 0.2) is 12.2 Å². The minimum Gasteiger partial charge on any atom is -0.462 e. The molecular weight excluding hydrogens is 1280 g/mol. The van der Waals surface area contributed by atoms with Crippen LogP contribution in [0.1, 0.15) is 297 Å². The summed E-state index contributed by atoms with van der Waals surface area (Å²) in [6.45, 7) is 4.54. The van der Waals surface area contributed by atoms with Gasteiger partial charge >= 0.3 is 39.5 Å². The molecule has 98 heavy (non-hydrogen) atoms. The van der Waals surface area contributed by atoms with Crippen LogP contribution in [-0.4, -0.2) is 96.7 Å². The highest BCUT2D eigenvalue weighted by Gasteiger charge is 2.30. The Labute approximate surface area is 593 Å². The smallest absolute Gasteiger partial charge is 0.462 e. The molecular formula is C79H134O17P2. The summed E-state index contributed by atoms with van der Waals surface area (Å²) in [5.41, 5.74) is 0. The molecule has 0 aromatic rings. The minimum atomic E-state index is -4.99. The number of ether oxygens (including phenoxy) is 4. The average Bonchev–Trinajstić information content (AvgIpc) is 0.969. The van der Waals surface area contributed by atoms with Crippen LogP contribution in [0.5, 0.6) is 0 Å². The van der Waals surface area contributed by atoms with Crippen LogP contribution in [0, 0.1) is 0 Å². The highest BCUT2D eigenvalue weighted by molar-refractivity contribution is 7.47. The normalized spacial score (nSPS) is 14.6. The van der Waals surface area contributed by atoms with Gasteiger partial charge in [0.2, 0.25) is 0 Å². The van der Waals surface area contributed by atoms with Crippen LogP contribution in [-0.2, 0) is 65.4 Å². The fourth-order valence-corrected chi connectivity index (χ4v) is 11.2. The monoisotopic (exact) mass is 1420 g/mol. The number of hydrogen-bond donors (Lipinski definition) is 3. The Morgan fingerprint density at radius 2 is 0.561 bits per heavy atom. The van der Waals surface area contributed by atoms with Crippen LogP contribution in [0.2, 0.25) is 0 Å². The van der Waals surface area contributed by atoms with Crippen LogP contribution < -0.4 is 0 Å². The zero-order chi connectivity index (χ0) is 71.8. The molecule has 0 spiro atoms. The molecule has 0 saturated carbocycles. The number of aliphatic hydroxyl groups excluding tert-OH is 1. The number of esters is 4. The lowest BCUT2D eigenvalue weighted by atomic mass is 10.1. The van der Waals surface area contributed by atoms with Gasteiger partial charge in [-0.15, -0.1) is 0 Å². The number of phosphoric ester groups is 2. The van der Waals surface area contributed by atoms with Gasteiger partial charge in [0.05, 0.1) is 26.4 Å². The first-order valence-electron chi connectivity index (χ1n) is 37.8. The molecule has 0 saturated heterocycles. The summed E-state index contributed by atoms with van der Waals surface area (Å²) in [5, 5.41) is 10.6. The van der Waals surface area contributed by atoms with Crippen molar-refractivity contribution in [2.75, 3.05) is 39.6 Å². The van der Waals surface area contributed by atoms with E-state index in [1.165, 1.54) is 44.9 Å². The molecule has 0 aliphatic rings. The largest absolute Gasteiger partial charge is 0.472 e. The second-order valence-electron chi connectivity index (χ2n) is 24.8. The van der Waals surface area contributed by atoms with Crippen LogP contribution in [0.25, 0.3) is 0 Å². The van der Waals surface area contributed by atoms with Crippen molar-refractivity contribution in [2.24, 2.45) is 0 Å². The van der Waals surface area contributed by atoms with E-state index in [1.807, 2.05) is 12.2 Å². The summed E-state index contributed by atoms with van der Waals surface area (Å²) in [4.78, 5) is 72.8. The first-order chi connectivity index (χ1) is 47.7. The third-order valence-electron chi connectivity index (χ3n) is 15.4. The molecule has 0 aliphatic heterocycles. The fraction of sp³-hybridized carbons (Fsp3) is 0.696. The molecule has 3 N–H and O–H groups in total. The number of rotatable bonds is 70. The minimum absolute atomic E-state index is 0.0701. The van der Waals surface area contributed by atoms with Crippen LogP contribution >= 0.6 is 15.6 Å². The predicted octanol–water partition coefficient (Wildman–Crippen LogP) is 21.6. The molecule has 0 aromatic carbocycles. The molecule has 0 bridgehead atoms. The van der Waals surface area contributed by atoms with E-state index in [-0.39, 0.29) is 25.7 Å². The van der Waals surface area contributed by atoms with Crippen molar-refractivity contribution < 1.29 is 80.2 Å². The SMILES string of the molecule is CC/C=C\C/C=C\C/C=C\C/C=C\C/C=C\CCCC(=O)OCC(COP(=O)(O)OCC(O)COP(=O)(O)OCC(COC(=O)CCCCCCC/C=C\C/C=C\CCCCC)OC(=O)CCCCCCC/C=C\C/C=C\CCC)OC(=O)CCCCCCC/C=C\CCCCCC. The van der Waals surface area contributed by atoms with Crippen molar-refractivity contribution in [1.29, 1.82) is 0 Å². The Kier molecular flexibility index (Phi) is 67.6. The van der Waals surface area contributed by atoms with E-state index in [1.54, 1.807) is 0 Å². The third kappa shape index (κ3) is 69.9. The topological polar surface area (TPSA) is 237 Å². The molecule has 5 atom stereocenters. The van der Waals surface area contributed by atoms with Gasteiger partial charge in [-0.3, -0.25) is 37.3 Å². The summed E-state index contributed by atoms with van der Waals surface area (Å²) < 4.78 is 68.3. The van der Waals surface area contributed by atoms with Crippen molar-refractivity contribution in [3.63, 3.8) is 0 Å². The zero-order valence-corrected chi connectivity index (χ0v) is 63.0. The van der Waals surface area contributed by atoms with E-state index in [2.05, 4.69) is 137 Å². The van der Waals surface area contributed by atoms with Crippen molar-refractivity contribution in [1.82, 2.24) is 0 Å². The lowest BCUT2D eigenvalue weighted by molar-refractivity contribution is -0.161. The molecule has 0 fully saturated rings. The average molecular weight is 1420 g/mol. The maximum atomic E-state index is 13.1. The number of carbonyl (C=O) groups excluding carboxylic acids is 4. The van der Waals surface area contributed by atoms with Gasteiger partial charge in [0, 0.05) is 25.7 Å². The molecule has 5 unspecified atom stereocenters. The zero-order valence-electron chi connectivity index (χ0n) is 61.2. The van der Waals surface area contributed by atoms with Crippen LogP contribution in [0.15, 0.2) is 122 Å². The lowest BCUT2D eigenvalue weighted by Crippen LogP contribution is -2.30. The highest BCUT2D eigenvalue weighted by atomic mass is 31.2. The van der Waals surface area contributed by atoms with Gasteiger partial charge in [-0.2, -0.15) is 0 Å². The Hall–Kier alpha value is -4.54. The van der Waals surface area contributed by atoms with E-state index in [9.17, 15) is 43.2 Å². The summed E-state index contributed by atoms with van der Waals surface area (Å²) in [6.07, 6.45) is 76.3. The van der Waals surface area contributed by atoms with Crippen LogP contribution in [0.4, 0.5) is 0 Å². The number of unbranched alkanes of at least 4 members (excludes halogenated alkanes) is 24. The molecule has 0 aliphatic carbocycles. The number of aliphatic hydroxyl groups is 1. The lowest BCUT2D eigenvalue weighted by Gasteiger charge is -2.21. The van der Waals surface area contributed by atoms with Gasteiger partial charge in [0.25, 0.3) is 0 Å². The number of hydrogen-bond acceptors (Lipinski definition) is 15. The predicted molar refractivity (Wildman–Crippen MR) is 399 cm³/mol. The molecule has 562 valence electrons. The van der Waals surface area contributed by atoms with E-state index >= 15 is 0 Å². The first kappa shape index (κ1) is 93.5. The van der Waals surface area contributed by atoms with Gasteiger partial charge in [0.1, 0.15) is 19.3 Å². The second-order valence-corrected chi connectivity index (χ2v) is 27.8. The fourth-order valence-electron chi connectivity index (χ4n) is 9.61. The van der Waals surface area contributed by atoms with Crippen molar-refractivity contribution in [3.8, 4) is 0 Å². The van der Waals surface area contributed by atoms with E-state index in [4.69, 9.17) is 37.0 Å². The molecule has 0 aromatic heterocycles. The Bertz CT molecular complexity index is 2340. The van der Waals surface area contributed by atoms with Crippen LogP contribution in [0.3, 0.4) is 0 Å². The Morgan fingerprint density at radius 1 is 0.296 bits per heavy atom. The summed E-state index contributed by atoms with van der Waals surface area (Å²) in [5.74, 6) is -2.28. The molecule has 0 rings (SSSR count). The van der Waals surface area contributed by atoms with Gasteiger partial charge < -0.3 is 33.8 Å². The number of carbonyl (C=O) groups is 4. The van der Waals surface area contributed by atoms with Gasteiger partial charge in [-0.05, 0) is 148 Å². The van der Waals surface area contributed by atoms with Gasteiger partial charge in [-0.1, -0.05) is 246 Å². The number of phosphoric acid groups is 2. The maximum absolute atomic E-state index is 13.1. The van der Waals surface area contributed by atoms with E-state index in [0.29, 0.717) is 32.1 Å². The van der Waals surface area contributed by atoms with Gasteiger partial charge in [-0.25, -0.2) is 9.13 Å². The second kappa shape index (κ2) is 70.9. The molecule has 0 heterocycles. The Morgan fingerprint density at radius 3 is 0.929 bits per heavy atom. The van der Waals surface area contributed by atoms with Crippen molar-refractivity contribution in [3.05, 3.63) is 122 Å². The summed E-state index contributed by atoms with van der Waals surface area (Å²) in [7, 11) is -9.97. The molecule has 0 radical (unpaired) electrons.